The minimum atomic E-state index is -4.06. The van der Waals surface area contributed by atoms with Crippen molar-refractivity contribution in [1.82, 2.24) is 0 Å². The molecule has 0 aromatic rings. The van der Waals surface area contributed by atoms with Crippen molar-refractivity contribution in [2.24, 2.45) is 0 Å². The van der Waals surface area contributed by atoms with E-state index in [-0.39, 0.29) is 57.9 Å². The van der Waals surface area contributed by atoms with E-state index in [1.54, 1.807) is 6.92 Å². The minimum absolute atomic E-state index is 0. The van der Waals surface area contributed by atoms with Crippen LogP contribution in [0.2, 0.25) is 0 Å². The molecule has 0 aliphatic rings. The molecule has 0 radical (unpaired) electrons. The maximum atomic E-state index is 9.78. The first kappa shape index (κ1) is 13.1. The van der Waals surface area contributed by atoms with Gasteiger partial charge < -0.3 is 4.72 Å². The monoisotopic (exact) mass is 177 g/mol. The summed E-state index contributed by atoms with van der Waals surface area (Å²) >= 11 is 0. The van der Waals surface area contributed by atoms with Crippen LogP contribution in [-0.2, 0) is 10.3 Å². The summed E-state index contributed by atoms with van der Waals surface area (Å²) in [5.74, 6) is 0. The molecule has 1 N–H and O–H groups in total. The summed E-state index contributed by atoms with van der Waals surface area (Å²) < 4.78 is 30.4. The van der Waals surface area contributed by atoms with E-state index in [4.69, 9.17) is 4.55 Å². The van der Waals surface area contributed by atoms with Gasteiger partial charge in [-0.15, -0.1) is 6.54 Å². The van der Waals surface area contributed by atoms with E-state index in [0.717, 1.165) is 0 Å². The molecule has 6 heteroatoms. The van der Waals surface area contributed by atoms with Crippen molar-refractivity contribution in [2.75, 3.05) is 6.54 Å². The Kier molecular flexibility index (Phi) is 9.09. The van der Waals surface area contributed by atoms with Gasteiger partial charge in [-0.05, 0) is 0 Å². The Balaban J connectivity index is 0. The predicted molar refractivity (Wildman–Crippen MR) is 30.1 cm³/mol. The molecule has 0 aliphatic carbocycles. The summed E-state index contributed by atoms with van der Waals surface area (Å²) in [6.45, 7) is 1.94. The van der Waals surface area contributed by atoms with Crippen LogP contribution in [0.15, 0.2) is 0 Å². The third-order valence-electron chi connectivity index (χ3n) is 0.478. The Morgan fingerprint density at radius 1 is 1.56 bits per heavy atom. The van der Waals surface area contributed by atoms with E-state index in [0.29, 0.717) is 6.42 Å². The molecule has 0 saturated carbocycles. The standard InChI is InChI=1S/C3H8NO3S.K/c1-2-3-4-8(5,6)7;/h2-3H2,1H3,(H,5,6,7);/q-1;+1. The molecule has 0 aromatic heterocycles. The fourth-order valence-electron chi connectivity index (χ4n) is 0.207. The number of nitrogens with zero attached hydrogens (tertiary/aromatic N) is 1. The van der Waals surface area contributed by atoms with Crippen LogP contribution in [-0.4, -0.2) is 19.5 Å². The molecule has 0 saturated heterocycles. The maximum absolute atomic E-state index is 9.78. The van der Waals surface area contributed by atoms with Crippen LogP contribution < -0.4 is 51.4 Å². The van der Waals surface area contributed by atoms with Gasteiger partial charge in [0.2, 0.25) is 0 Å². The van der Waals surface area contributed by atoms with E-state index in [2.05, 4.69) is 4.72 Å². The second kappa shape index (κ2) is 6.23. The van der Waals surface area contributed by atoms with Gasteiger partial charge in [0, 0.05) is 0 Å². The molecule has 50 valence electrons. The zero-order valence-electron chi connectivity index (χ0n) is 5.53. The van der Waals surface area contributed by atoms with Gasteiger partial charge in [-0.2, -0.15) is 0 Å². The van der Waals surface area contributed by atoms with Gasteiger partial charge >= 0.3 is 51.4 Å². The summed E-state index contributed by atoms with van der Waals surface area (Å²) in [5.41, 5.74) is 0. The van der Waals surface area contributed by atoms with Crippen LogP contribution in [0.5, 0.6) is 0 Å². The molecule has 0 amide bonds. The normalized spacial score (nSPS) is 10.4. The average Bonchev–Trinajstić information content (AvgIpc) is 1.59. The van der Waals surface area contributed by atoms with Gasteiger partial charge in [0.15, 0.2) is 10.3 Å². The molecule has 0 aliphatic heterocycles. The summed E-state index contributed by atoms with van der Waals surface area (Å²) in [6.07, 6.45) is 0.625. The average molecular weight is 177 g/mol. The summed E-state index contributed by atoms with van der Waals surface area (Å²) in [6, 6.07) is 0. The molecule has 0 atom stereocenters. The second-order valence-corrected chi connectivity index (χ2v) is 2.45. The first-order valence-electron chi connectivity index (χ1n) is 2.22. The fraction of sp³-hybridized carbons (Fsp3) is 1.00. The van der Waals surface area contributed by atoms with Gasteiger partial charge in [-0.1, -0.05) is 13.3 Å². The number of hydrogen-bond acceptors (Lipinski definition) is 2. The van der Waals surface area contributed by atoms with Gasteiger partial charge in [0.1, 0.15) is 0 Å². The summed E-state index contributed by atoms with van der Waals surface area (Å²) in [4.78, 5) is 0. The molecule has 0 bridgehead atoms. The Labute approximate surface area is 97.7 Å². The molecule has 9 heavy (non-hydrogen) atoms. The molecule has 0 spiro atoms. The van der Waals surface area contributed by atoms with E-state index in [9.17, 15) is 8.42 Å². The molecule has 0 aromatic carbocycles. The molecule has 4 nitrogen and oxygen atoms in total. The van der Waals surface area contributed by atoms with Crippen molar-refractivity contribution in [3.8, 4) is 0 Å². The first-order chi connectivity index (χ1) is 3.56. The third kappa shape index (κ3) is 12.7. The van der Waals surface area contributed by atoms with Crippen molar-refractivity contribution in [1.29, 1.82) is 0 Å². The molecule has 0 fully saturated rings. The second-order valence-electron chi connectivity index (χ2n) is 1.30. The maximum Gasteiger partial charge on any atom is 1.00 e. The topological polar surface area (TPSA) is 68.5 Å². The molecule has 0 unspecified atom stereocenters. The smallest absolute Gasteiger partial charge is 0.525 e. The third-order valence-corrected chi connectivity index (χ3v) is 0.987. The van der Waals surface area contributed by atoms with Crippen LogP contribution in [0.3, 0.4) is 0 Å². The van der Waals surface area contributed by atoms with Crippen molar-refractivity contribution in [3.63, 3.8) is 0 Å². The van der Waals surface area contributed by atoms with Gasteiger partial charge in [0.05, 0.1) is 0 Å². The fourth-order valence-corrected chi connectivity index (χ4v) is 0.620. The van der Waals surface area contributed by atoms with E-state index < -0.39 is 10.3 Å². The van der Waals surface area contributed by atoms with Gasteiger partial charge in [-0.3, -0.25) is 4.55 Å². The Hall–Kier alpha value is 1.51. The zero-order valence-corrected chi connectivity index (χ0v) is 9.47. The van der Waals surface area contributed by atoms with Crippen molar-refractivity contribution < 1.29 is 64.4 Å². The zero-order chi connectivity index (χ0) is 6.62. The molecular formula is C3H8KNO3S. The SMILES string of the molecule is CCC[N-]S(=O)(=O)O.[K+]. The van der Waals surface area contributed by atoms with Crippen LogP contribution >= 0.6 is 0 Å². The summed E-state index contributed by atoms with van der Waals surface area (Å²) in [7, 11) is -4.06. The minimum Gasteiger partial charge on any atom is -0.525 e. The molecular weight excluding hydrogens is 169 g/mol. The Morgan fingerprint density at radius 2 is 2.00 bits per heavy atom. The van der Waals surface area contributed by atoms with Gasteiger partial charge in [-0.25, -0.2) is 8.42 Å². The molecule has 0 heterocycles. The number of rotatable bonds is 3. The Morgan fingerprint density at radius 3 is 2.11 bits per heavy atom. The van der Waals surface area contributed by atoms with Crippen LogP contribution in [0.4, 0.5) is 0 Å². The van der Waals surface area contributed by atoms with Gasteiger partial charge in [0.25, 0.3) is 0 Å². The predicted octanol–water partition coefficient (Wildman–Crippen LogP) is -2.42. The Bertz CT molecular complexity index is 143. The van der Waals surface area contributed by atoms with E-state index in [1.807, 2.05) is 0 Å². The van der Waals surface area contributed by atoms with Crippen molar-refractivity contribution in [3.05, 3.63) is 4.72 Å². The van der Waals surface area contributed by atoms with Crippen molar-refractivity contribution >= 4 is 10.3 Å². The van der Waals surface area contributed by atoms with Crippen LogP contribution in [0, 0.1) is 0 Å². The van der Waals surface area contributed by atoms with Crippen LogP contribution in [0.25, 0.3) is 4.72 Å². The van der Waals surface area contributed by atoms with Crippen LogP contribution in [0.1, 0.15) is 13.3 Å². The largest absolute Gasteiger partial charge is 1.00 e. The summed E-state index contributed by atoms with van der Waals surface area (Å²) in [5, 5.41) is 0. The van der Waals surface area contributed by atoms with E-state index >= 15 is 0 Å². The van der Waals surface area contributed by atoms with E-state index in [1.165, 1.54) is 0 Å². The molecule has 0 rings (SSSR count). The first-order valence-corrected chi connectivity index (χ1v) is 3.62. The van der Waals surface area contributed by atoms with Crippen molar-refractivity contribution in [2.45, 2.75) is 13.3 Å². The quantitative estimate of drug-likeness (QED) is 0.385. The number of hydrogen-bond donors (Lipinski definition) is 1.